The summed E-state index contributed by atoms with van der Waals surface area (Å²) in [7, 11) is 3.41. The smallest absolute Gasteiger partial charge is 0.118 e. The van der Waals surface area contributed by atoms with Crippen LogP contribution in [0.4, 0.5) is 5.69 Å². The van der Waals surface area contributed by atoms with Crippen LogP contribution in [0.15, 0.2) is 108 Å². The third-order valence-electron chi connectivity index (χ3n) is 7.29. The molecule has 1 aliphatic rings. The number of rotatable bonds is 6. The summed E-state index contributed by atoms with van der Waals surface area (Å²) in [4.78, 5) is 5.03. The van der Waals surface area contributed by atoms with E-state index >= 15 is 0 Å². The Morgan fingerprint density at radius 1 is 0.618 bits per heavy atom. The molecule has 1 unspecified atom stereocenters. The highest BCUT2D eigenvalue weighted by molar-refractivity contribution is 5.88. The number of aliphatic imine (C=N–C) groups is 1. The van der Waals surface area contributed by atoms with E-state index in [1.165, 1.54) is 22.3 Å². The highest BCUT2D eigenvalue weighted by Gasteiger charge is 2.56. The first kappa shape index (κ1) is 22.0. The largest absolute Gasteiger partial charge is 0.497 e. The Bertz CT molecular complexity index is 1250. The number of para-hydroxylation sites is 1. The molecule has 4 aromatic carbocycles. The topological polar surface area (TPSA) is 30.8 Å². The lowest BCUT2D eigenvalue weighted by Crippen LogP contribution is -2.53. The van der Waals surface area contributed by atoms with Crippen LogP contribution in [-0.2, 0) is 10.8 Å². The van der Waals surface area contributed by atoms with E-state index in [2.05, 4.69) is 116 Å². The van der Waals surface area contributed by atoms with E-state index in [0.717, 1.165) is 23.6 Å². The molecule has 1 atom stereocenters. The standard InChI is InChI=1S/C31H29NO2/c1-4-30(23-10-6-5-7-11-23)22-32-29-13-9-8-12-28(29)31(30,24-14-18-26(33-2)19-15-24)25-16-20-27(34-3)21-17-25/h5-22H,4H2,1-3H3. The molecular weight excluding hydrogens is 418 g/mol. The van der Waals surface area contributed by atoms with Crippen LogP contribution in [0.2, 0.25) is 0 Å². The minimum atomic E-state index is -0.514. The van der Waals surface area contributed by atoms with Gasteiger partial charge in [-0.2, -0.15) is 0 Å². The van der Waals surface area contributed by atoms with E-state index < -0.39 is 10.8 Å². The zero-order chi connectivity index (χ0) is 23.6. The molecule has 3 heteroatoms. The number of benzene rings is 4. The van der Waals surface area contributed by atoms with Gasteiger partial charge < -0.3 is 9.47 Å². The molecule has 0 amide bonds. The Labute approximate surface area is 201 Å². The first-order valence-electron chi connectivity index (χ1n) is 11.7. The van der Waals surface area contributed by atoms with Gasteiger partial charge in [-0.05, 0) is 59.0 Å². The van der Waals surface area contributed by atoms with Crippen molar-refractivity contribution in [3.8, 4) is 11.5 Å². The van der Waals surface area contributed by atoms with Gasteiger partial charge in [0.2, 0.25) is 0 Å². The van der Waals surface area contributed by atoms with Crippen molar-refractivity contribution in [2.24, 2.45) is 4.99 Å². The van der Waals surface area contributed by atoms with Crippen LogP contribution in [0.25, 0.3) is 0 Å². The van der Waals surface area contributed by atoms with Crippen LogP contribution in [0.1, 0.15) is 35.6 Å². The second-order valence-corrected chi connectivity index (χ2v) is 8.67. The monoisotopic (exact) mass is 447 g/mol. The first-order valence-corrected chi connectivity index (χ1v) is 11.7. The van der Waals surface area contributed by atoms with Crippen molar-refractivity contribution in [3.63, 3.8) is 0 Å². The lowest BCUT2D eigenvalue weighted by molar-refractivity contribution is 0.384. The van der Waals surface area contributed by atoms with Gasteiger partial charge in [0.25, 0.3) is 0 Å². The summed E-state index contributed by atoms with van der Waals surface area (Å²) in [6, 6.07) is 36.3. The molecule has 0 saturated carbocycles. The number of methoxy groups -OCH3 is 2. The molecule has 1 heterocycles. The first-order chi connectivity index (χ1) is 16.7. The van der Waals surface area contributed by atoms with Gasteiger partial charge in [-0.25, -0.2) is 0 Å². The van der Waals surface area contributed by atoms with E-state index in [4.69, 9.17) is 14.5 Å². The Hall–Kier alpha value is -3.85. The molecule has 170 valence electrons. The van der Waals surface area contributed by atoms with Gasteiger partial charge in [0.1, 0.15) is 11.5 Å². The Morgan fingerprint density at radius 2 is 1.15 bits per heavy atom. The van der Waals surface area contributed by atoms with Crippen molar-refractivity contribution in [2.45, 2.75) is 24.2 Å². The number of ether oxygens (including phenoxy) is 2. The maximum absolute atomic E-state index is 5.51. The van der Waals surface area contributed by atoms with Gasteiger partial charge in [0, 0.05) is 11.6 Å². The van der Waals surface area contributed by atoms with E-state index in [0.29, 0.717) is 0 Å². The van der Waals surface area contributed by atoms with Crippen molar-refractivity contribution >= 4 is 11.9 Å². The van der Waals surface area contributed by atoms with Crippen LogP contribution in [0.5, 0.6) is 11.5 Å². The highest BCUT2D eigenvalue weighted by atomic mass is 16.5. The third kappa shape index (κ3) is 3.15. The molecule has 0 fully saturated rings. The number of hydrogen-bond acceptors (Lipinski definition) is 3. The van der Waals surface area contributed by atoms with Crippen molar-refractivity contribution in [1.29, 1.82) is 0 Å². The lowest BCUT2D eigenvalue weighted by Gasteiger charge is -2.52. The molecule has 0 N–H and O–H groups in total. The lowest BCUT2D eigenvalue weighted by atomic mass is 9.50. The van der Waals surface area contributed by atoms with E-state index in [1.54, 1.807) is 14.2 Å². The van der Waals surface area contributed by atoms with Crippen LogP contribution >= 0.6 is 0 Å². The highest BCUT2D eigenvalue weighted by Crippen LogP contribution is 2.58. The molecule has 0 radical (unpaired) electrons. The van der Waals surface area contributed by atoms with Gasteiger partial charge in [-0.1, -0.05) is 79.7 Å². The summed E-state index contributed by atoms with van der Waals surface area (Å²) in [6.45, 7) is 2.26. The number of fused-ring (bicyclic) bond motifs is 1. The molecule has 5 rings (SSSR count). The van der Waals surface area contributed by atoms with Gasteiger partial charge in [0.05, 0.1) is 25.3 Å². The molecule has 1 aliphatic heterocycles. The van der Waals surface area contributed by atoms with Gasteiger partial charge in [-0.15, -0.1) is 0 Å². The van der Waals surface area contributed by atoms with Crippen molar-refractivity contribution < 1.29 is 9.47 Å². The van der Waals surface area contributed by atoms with Crippen LogP contribution in [0, 0.1) is 0 Å². The quantitative estimate of drug-likeness (QED) is 0.316. The zero-order valence-electron chi connectivity index (χ0n) is 19.9. The average Bonchev–Trinajstić information content (AvgIpc) is 2.93. The Balaban J connectivity index is 1.94. The summed E-state index contributed by atoms with van der Waals surface area (Å²) < 4.78 is 11.0. The van der Waals surface area contributed by atoms with Crippen LogP contribution in [0.3, 0.4) is 0 Å². The zero-order valence-corrected chi connectivity index (χ0v) is 19.9. The fourth-order valence-electron chi connectivity index (χ4n) is 5.68. The SMILES string of the molecule is CCC1(c2ccccc2)C=Nc2ccccc2C1(c1ccc(OC)cc1)c1ccc(OC)cc1. The number of nitrogens with zero attached hydrogens (tertiary/aromatic N) is 1. The molecule has 0 spiro atoms. The molecule has 0 bridgehead atoms. The van der Waals surface area contributed by atoms with Crippen molar-refractivity contribution in [2.75, 3.05) is 14.2 Å². The Morgan fingerprint density at radius 3 is 1.68 bits per heavy atom. The van der Waals surface area contributed by atoms with Crippen LogP contribution in [-0.4, -0.2) is 20.4 Å². The van der Waals surface area contributed by atoms with Gasteiger partial charge >= 0.3 is 0 Å². The predicted molar refractivity (Wildman–Crippen MR) is 139 cm³/mol. The summed E-state index contributed by atoms with van der Waals surface area (Å²) in [5, 5.41) is 0. The Kier molecular flexibility index (Phi) is 5.70. The molecule has 0 saturated heterocycles. The van der Waals surface area contributed by atoms with E-state index in [9.17, 15) is 0 Å². The van der Waals surface area contributed by atoms with Crippen LogP contribution < -0.4 is 9.47 Å². The average molecular weight is 448 g/mol. The maximum atomic E-state index is 5.51. The molecule has 34 heavy (non-hydrogen) atoms. The normalized spacial score (nSPS) is 18.2. The van der Waals surface area contributed by atoms with Gasteiger partial charge in [0.15, 0.2) is 0 Å². The minimum Gasteiger partial charge on any atom is -0.497 e. The van der Waals surface area contributed by atoms with E-state index in [1.807, 2.05) is 0 Å². The third-order valence-corrected chi connectivity index (χ3v) is 7.29. The van der Waals surface area contributed by atoms with Gasteiger partial charge in [-0.3, -0.25) is 4.99 Å². The predicted octanol–water partition coefficient (Wildman–Crippen LogP) is 7.10. The van der Waals surface area contributed by atoms with Crippen molar-refractivity contribution in [3.05, 3.63) is 125 Å². The molecule has 0 aliphatic carbocycles. The summed E-state index contributed by atoms with van der Waals surface area (Å²) in [5.74, 6) is 1.68. The molecular formula is C31H29NO2. The summed E-state index contributed by atoms with van der Waals surface area (Å²) in [6.07, 6.45) is 3.05. The minimum absolute atomic E-state index is 0.411. The van der Waals surface area contributed by atoms with E-state index in [-0.39, 0.29) is 0 Å². The fraction of sp³-hybridized carbons (Fsp3) is 0.194. The molecule has 4 aromatic rings. The molecule has 0 aromatic heterocycles. The second kappa shape index (κ2) is 8.83. The van der Waals surface area contributed by atoms with Crippen molar-refractivity contribution in [1.82, 2.24) is 0 Å². The second-order valence-electron chi connectivity index (χ2n) is 8.67. The summed E-state index contributed by atoms with van der Waals surface area (Å²) in [5.41, 5.74) is 4.90. The maximum Gasteiger partial charge on any atom is 0.118 e. The fourth-order valence-corrected chi connectivity index (χ4v) is 5.68. The number of hydrogen-bond donors (Lipinski definition) is 0. The molecule has 3 nitrogen and oxygen atoms in total. The summed E-state index contributed by atoms with van der Waals surface area (Å²) >= 11 is 0.